The van der Waals surface area contributed by atoms with Gasteiger partial charge in [-0.15, -0.1) is 0 Å². The summed E-state index contributed by atoms with van der Waals surface area (Å²) in [7, 11) is 0. The number of aryl methyl sites for hydroxylation is 3. The fraction of sp³-hybridized carbons (Fsp3) is 0.238. The Bertz CT molecular complexity index is 901. The van der Waals surface area contributed by atoms with Crippen LogP contribution in [0, 0.1) is 13.8 Å². The molecule has 134 valence electrons. The molecule has 1 aromatic heterocycles. The molecule has 0 aliphatic rings. The molecule has 0 unspecified atom stereocenters. The van der Waals surface area contributed by atoms with Gasteiger partial charge in [-0.2, -0.15) is 5.10 Å². The highest BCUT2D eigenvalue weighted by Crippen LogP contribution is 2.31. The van der Waals surface area contributed by atoms with E-state index in [-0.39, 0.29) is 12.5 Å². The standard InChI is InChI=1S/C21H23N3O2/c1-4-18-21(22-19(25)13-26-16-8-6-5-7-9-16)20(24-23-18)17-11-10-14(2)12-15(17)3/h5-12H,4,13H2,1-3H3,(H,22,25)(H,23,24). The van der Waals surface area contributed by atoms with Crippen molar-refractivity contribution in [2.45, 2.75) is 27.2 Å². The van der Waals surface area contributed by atoms with Gasteiger partial charge in [-0.05, 0) is 38.0 Å². The molecule has 1 heterocycles. The van der Waals surface area contributed by atoms with Crippen molar-refractivity contribution < 1.29 is 9.53 Å². The molecule has 0 radical (unpaired) electrons. The van der Waals surface area contributed by atoms with Crippen molar-refractivity contribution in [1.29, 1.82) is 0 Å². The van der Waals surface area contributed by atoms with Gasteiger partial charge in [0.1, 0.15) is 11.4 Å². The number of nitrogens with one attached hydrogen (secondary N) is 2. The van der Waals surface area contributed by atoms with Crippen molar-refractivity contribution in [1.82, 2.24) is 10.2 Å². The van der Waals surface area contributed by atoms with E-state index >= 15 is 0 Å². The normalized spacial score (nSPS) is 10.6. The molecule has 0 bridgehead atoms. The number of carbonyl (C=O) groups is 1. The van der Waals surface area contributed by atoms with Gasteiger partial charge in [0.2, 0.25) is 0 Å². The summed E-state index contributed by atoms with van der Waals surface area (Å²) >= 11 is 0. The lowest BCUT2D eigenvalue weighted by atomic mass is 10.0. The summed E-state index contributed by atoms with van der Waals surface area (Å²) in [5, 5.41) is 10.4. The summed E-state index contributed by atoms with van der Waals surface area (Å²) in [4.78, 5) is 12.4. The molecule has 0 spiro atoms. The Kier molecular flexibility index (Phi) is 5.37. The number of nitrogens with zero attached hydrogens (tertiary/aromatic N) is 1. The second-order valence-electron chi connectivity index (χ2n) is 6.25. The predicted molar refractivity (Wildman–Crippen MR) is 103 cm³/mol. The van der Waals surface area contributed by atoms with Gasteiger partial charge in [-0.25, -0.2) is 0 Å². The number of hydrogen-bond acceptors (Lipinski definition) is 3. The van der Waals surface area contributed by atoms with Gasteiger partial charge in [-0.3, -0.25) is 9.89 Å². The van der Waals surface area contributed by atoms with Gasteiger partial charge in [0.15, 0.2) is 6.61 Å². The molecule has 5 heteroatoms. The maximum Gasteiger partial charge on any atom is 0.262 e. The highest BCUT2D eigenvalue weighted by Gasteiger charge is 2.18. The SMILES string of the molecule is CCc1[nH]nc(-c2ccc(C)cc2C)c1NC(=O)COc1ccccc1. The predicted octanol–water partition coefficient (Wildman–Crippen LogP) is 4.27. The van der Waals surface area contributed by atoms with Crippen LogP contribution in [-0.2, 0) is 11.2 Å². The number of amides is 1. The Morgan fingerprint density at radius 2 is 1.92 bits per heavy atom. The molecule has 2 aromatic carbocycles. The molecule has 0 saturated carbocycles. The Morgan fingerprint density at radius 1 is 1.15 bits per heavy atom. The summed E-state index contributed by atoms with van der Waals surface area (Å²) in [6.45, 7) is 6.08. The maximum atomic E-state index is 12.4. The molecule has 3 rings (SSSR count). The number of H-pyrrole nitrogens is 1. The molecule has 0 aliphatic heterocycles. The van der Waals surface area contributed by atoms with E-state index in [9.17, 15) is 4.79 Å². The van der Waals surface area contributed by atoms with Crippen molar-refractivity contribution in [3.8, 4) is 17.0 Å². The molecule has 26 heavy (non-hydrogen) atoms. The Morgan fingerprint density at radius 3 is 2.62 bits per heavy atom. The van der Waals surface area contributed by atoms with E-state index in [4.69, 9.17) is 4.74 Å². The van der Waals surface area contributed by atoms with Crippen LogP contribution in [0.3, 0.4) is 0 Å². The zero-order chi connectivity index (χ0) is 18.5. The first-order valence-electron chi connectivity index (χ1n) is 8.71. The first-order chi connectivity index (χ1) is 12.6. The van der Waals surface area contributed by atoms with Crippen LogP contribution in [0.25, 0.3) is 11.3 Å². The van der Waals surface area contributed by atoms with E-state index in [1.165, 1.54) is 5.56 Å². The van der Waals surface area contributed by atoms with Crippen LogP contribution in [0.15, 0.2) is 48.5 Å². The van der Waals surface area contributed by atoms with Gasteiger partial charge in [0.25, 0.3) is 5.91 Å². The van der Waals surface area contributed by atoms with Crippen LogP contribution in [0.4, 0.5) is 5.69 Å². The second-order valence-corrected chi connectivity index (χ2v) is 6.25. The molecule has 3 aromatic rings. The molecule has 0 aliphatic carbocycles. The van der Waals surface area contributed by atoms with E-state index in [0.29, 0.717) is 5.75 Å². The fourth-order valence-electron chi connectivity index (χ4n) is 2.88. The monoisotopic (exact) mass is 349 g/mol. The minimum Gasteiger partial charge on any atom is -0.484 e. The number of hydrogen-bond donors (Lipinski definition) is 2. The van der Waals surface area contributed by atoms with Crippen LogP contribution in [0.5, 0.6) is 5.75 Å². The van der Waals surface area contributed by atoms with Crippen molar-refractivity contribution in [3.63, 3.8) is 0 Å². The number of ether oxygens (including phenoxy) is 1. The van der Waals surface area contributed by atoms with Gasteiger partial charge >= 0.3 is 0 Å². The van der Waals surface area contributed by atoms with E-state index in [1.54, 1.807) is 0 Å². The second kappa shape index (κ2) is 7.87. The van der Waals surface area contributed by atoms with Crippen LogP contribution in [0.1, 0.15) is 23.7 Å². The van der Waals surface area contributed by atoms with Gasteiger partial charge in [-0.1, -0.05) is 48.9 Å². The largest absolute Gasteiger partial charge is 0.484 e. The number of carbonyl (C=O) groups excluding carboxylic acids is 1. The van der Waals surface area contributed by atoms with E-state index < -0.39 is 0 Å². The molecule has 5 nitrogen and oxygen atoms in total. The van der Waals surface area contributed by atoms with Crippen molar-refractivity contribution in [2.24, 2.45) is 0 Å². The van der Waals surface area contributed by atoms with Crippen LogP contribution >= 0.6 is 0 Å². The molecule has 0 fully saturated rings. The summed E-state index contributed by atoms with van der Waals surface area (Å²) in [6.07, 6.45) is 0.743. The number of aromatic nitrogens is 2. The molecular weight excluding hydrogens is 326 g/mol. The van der Waals surface area contributed by atoms with Gasteiger partial charge in [0, 0.05) is 5.56 Å². The highest BCUT2D eigenvalue weighted by atomic mass is 16.5. The van der Waals surface area contributed by atoms with Crippen LogP contribution in [-0.4, -0.2) is 22.7 Å². The lowest BCUT2D eigenvalue weighted by molar-refractivity contribution is -0.118. The third kappa shape index (κ3) is 3.94. The third-order valence-corrected chi connectivity index (χ3v) is 4.21. The lowest BCUT2D eigenvalue weighted by Crippen LogP contribution is -2.21. The fourth-order valence-corrected chi connectivity index (χ4v) is 2.88. The Balaban J connectivity index is 1.80. The third-order valence-electron chi connectivity index (χ3n) is 4.21. The Hall–Kier alpha value is -3.08. The minimum absolute atomic E-state index is 0.0509. The molecular formula is C21H23N3O2. The minimum atomic E-state index is -0.212. The van der Waals surface area contributed by atoms with Crippen molar-refractivity contribution in [2.75, 3.05) is 11.9 Å². The molecule has 2 N–H and O–H groups in total. The van der Waals surface area contributed by atoms with Gasteiger partial charge in [0.05, 0.1) is 11.4 Å². The number of anilines is 1. The molecule has 0 saturated heterocycles. The molecule has 0 atom stereocenters. The van der Waals surface area contributed by atoms with E-state index in [1.807, 2.05) is 56.3 Å². The highest BCUT2D eigenvalue weighted by molar-refractivity contribution is 5.96. The van der Waals surface area contributed by atoms with Crippen LogP contribution < -0.4 is 10.1 Å². The van der Waals surface area contributed by atoms with Crippen molar-refractivity contribution in [3.05, 3.63) is 65.4 Å². The number of aromatic amines is 1. The van der Waals surface area contributed by atoms with Crippen LogP contribution in [0.2, 0.25) is 0 Å². The van der Waals surface area contributed by atoms with E-state index in [0.717, 1.165) is 34.6 Å². The quantitative estimate of drug-likeness (QED) is 0.698. The summed E-state index contributed by atoms with van der Waals surface area (Å²) in [5.74, 6) is 0.455. The zero-order valence-corrected chi connectivity index (χ0v) is 15.3. The van der Waals surface area contributed by atoms with Gasteiger partial charge < -0.3 is 10.1 Å². The lowest BCUT2D eigenvalue weighted by Gasteiger charge is -2.11. The average Bonchev–Trinajstić information content (AvgIpc) is 3.03. The summed E-state index contributed by atoms with van der Waals surface area (Å²) < 4.78 is 5.53. The maximum absolute atomic E-state index is 12.4. The summed E-state index contributed by atoms with van der Waals surface area (Å²) in [6, 6.07) is 15.5. The number of benzene rings is 2. The Labute approximate surface area is 153 Å². The topological polar surface area (TPSA) is 67.0 Å². The van der Waals surface area contributed by atoms with Crippen molar-refractivity contribution >= 4 is 11.6 Å². The summed E-state index contributed by atoms with van der Waals surface area (Å²) in [5.41, 5.74) is 5.70. The van der Waals surface area contributed by atoms with E-state index in [2.05, 4.69) is 28.5 Å². The smallest absolute Gasteiger partial charge is 0.262 e. The number of rotatable bonds is 6. The zero-order valence-electron chi connectivity index (χ0n) is 15.3. The first-order valence-corrected chi connectivity index (χ1v) is 8.71. The molecule has 1 amide bonds. The first kappa shape index (κ1) is 17.7. The average molecular weight is 349 g/mol. The number of para-hydroxylation sites is 1.